The van der Waals surface area contributed by atoms with Gasteiger partial charge in [-0.2, -0.15) is 0 Å². The molecule has 0 heterocycles. The summed E-state index contributed by atoms with van der Waals surface area (Å²) in [6.07, 6.45) is 0.403. The lowest BCUT2D eigenvalue weighted by molar-refractivity contribution is -0.121. The van der Waals surface area contributed by atoms with Crippen LogP contribution < -0.4 is 16.0 Å². The van der Waals surface area contributed by atoms with Gasteiger partial charge in [0.05, 0.1) is 6.61 Å². The van der Waals surface area contributed by atoms with Gasteiger partial charge in [0.25, 0.3) is 0 Å². The van der Waals surface area contributed by atoms with E-state index in [0.29, 0.717) is 25.6 Å². The van der Waals surface area contributed by atoms with Crippen LogP contribution >= 0.6 is 0 Å². The van der Waals surface area contributed by atoms with E-state index in [1.165, 1.54) is 0 Å². The topological polar surface area (TPSA) is 99.8 Å². The van der Waals surface area contributed by atoms with Gasteiger partial charge in [-0.25, -0.2) is 9.59 Å². The second kappa shape index (κ2) is 13.4. The van der Waals surface area contributed by atoms with Gasteiger partial charge in [-0.15, -0.1) is 0 Å². The molecule has 8 nitrogen and oxygen atoms in total. The lowest BCUT2D eigenvalue weighted by atomic mass is 10.0. The minimum atomic E-state index is -0.485. The van der Waals surface area contributed by atoms with Crippen molar-refractivity contribution in [3.63, 3.8) is 0 Å². The molecule has 162 valence electrons. The Morgan fingerprint density at radius 3 is 2.41 bits per heavy atom. The molecule has 1 unspecified atom stereocenters. The summed E-state index contributed by atoms with van der Waals surface area (Å²) >= 11 is 0. The predicted molar refractivity (Wildman–Crippen MR) is 112 cm³/mol. The second-order valence-electron chi connectivity index (χ2n) is 7.32. The molecule has 29 heavy (non-hydrogen) atoms. The summed E-state index contributed by atoms with van der Waals surface area (Å²) in [5.41, 5.74) is 1.04. The van der Waals surface area contributed by atoms with Crippen LogP contribution in [0.25, 0.3) is 0 Å². The number of alkyl carbamates (subject to hydrolysis) is 1. The highest BCUT2D eigenvalue weighted by Crippen LogP contribution is 2.05. The molecule has 8 heteroatoms. The zero-order chi connectivity index (χ0) is 21.6. The number of ether oxygens (including phenoxy) is 1. The number of rotatable bonds is 11. The first-order valence-electron chi connectivity index (χ1n) is 10.0. The van der Waals surface area contributed by atoms with Crippen LogP contribution in [0.4, 0.5) is 9.59 Å². The van der Waals surface area contributed by atoms with Gasteiger partial charge in [-0.05, 0) is 24.8 Å². The van der Waals surface area contributed by atoms with Crippen molar-refractivity contribution in [1.82, 2.24) is 20.9 Å². The van der Waals surface area contributed by atoms with E-state index in [1.807, 2.05) is 44.2 Å². The number of benzene rings is 1. The summed E-state index contributed by atoms with van der Waals surface area (Å²) in [6, 6.07) is 9.25. The zero-order valence-corrected chi connectivity index (χ0v) is 17.9. The monoisotopic (exact) mass is 406 g/mol. The minimum Gasteiger partial charge on any atom is -0.450 e. The maximum absolute atomic E-state index is 12.1. The molecule has 1 atom stereocenters. The Morgan fingerprint density at radius 1 is 1.10 bits per heavy atom. The summed E-state index contributed by atoms with van der Waals surface area (Å²) in [7, 11) is 1.71. The fourth-order valence-corrected chi connectivity index (χ4v) is 2.77. The summed E-state index contributed by atoms with van der Waals surface area (Å²) in [5, 5.41) is 8.31. The number of nitrogens with zero attached hydrogens (tertiary/aromatic N) is 1. The van der Waals surface area contributed by atoms with E-state index in [1.54, 1.807) is 18.9 Å². The van der Waals surface area contributed by atoms with E-state index in [4.69, 9.17) is 4.74 Å². The van der Waals surface area contributed by atoms with Crippen molar-refractivity contribution in [2.24, 2.45) is 5.92 Å². The molecular weight excluding hydrogens is 372 g/mol. The normalized spacial score (nSPS) is 11.5. The number of carbonyl (C=O) groups is 3. The SMILES string of the molecule is CCOC(=O)NC(CNC(=O)CCNC(=O)N(C)Cc1ccccc1)CC(C)C. The lowest BCUT2D eigenvalue weighted by Gasteiger charge is -2.21. The zero-order valence-electron chi connectivity index (χ0n) is 17.9. The van der Waals surface area contributed by atoms with Crippen LogP contribution in [0.5, 0.6) is 0 Å². The Balaban J connectivity index is 2.31. The molecule has 0 spiro atoms. The first-order chi connectivity index (χ1) is 13.8. The van der Waals surface area contributed by atoms with Gasteiger partial charge in [0.15, 0.2) is 0 Å². The minimum absolute atomic E-state index is 0.165. The second-order valence-corrected chi connectivity index (χ2v) is 7.32. The average molecular weight is 407 g/mol. The third-order valence-electron chi connectivity index (χ3n) is 4.14. The van der Waals surface area contributed by atoms with Gasteiger partial charge >= 0.3 is 12.1 Å². The van der Waals surface area contributed by atoms with Gasteiger partial charge in [0.2, 0.25) is 5.91 Å². The van der Waals surface area contributed by atoms with E-state index in [0.717, 1.165) is 12.0 Å². The van der Waals surface area contributed by atoms with E-state index < -0.39 is 6.09 Å². The highest BCUT2D eigenvalue weighted by atomic mass is 16.5. The van der Waals surface area contributed by atoms with E-state index in [-0.39, 0.29) is 30.9 Å². The van der Waals surface area contributed by atoms with Crippen LogP contribution in [-0.2, 0) is 16.1 Å². The lowest BCUT2D eigenvalue weighted by Crippen LogP contribution is -2.45. The Labute approximate surface area is 173 Å². The molecule has 0 aliphatic rings. The van der Waals surface area contributed by atoms with Gasteiger partial charge in [-0.1, -0.05) is 44.2 Å². The van der Waals surface area contributed by atoms with Gasteiger partial charge in [0.1, 0.15) is 0 Å². The third kappa shape index (κ3) is 11.0. The molecule has 3 N–H and O–H groups in total. The standard InChI is InChI=1S/C21H34N4O4/c1-5-29-21(28)24-18(13-16(2)3)14-23-19(26)11-12-22-20(27)25(4)15-17-9-7-6-8-10-17/h6-10,16,18H,5,11-15H2,1-4H3,(H,22,27)(H,23,26)(H,24,28). The van der Waals surface area contributed by atoms with Gasteiger partial charge in [-0.3, -0.25) is 4.79 Å². The van der Waals surface area contributed by atoms with E-state index >= 15 is 0 Å². The molecule has 1 aromatic carbocycles. The fourth-order valence-electron chi connectivity index (χ4n) is 2.77. The quantitative estimate of drug-likeness (QED) is 0.526. The molecule has 1 aromatic rings. The Kier molecular flexibility index (Phi) is 11.2. The first-order valence-corrected chi connectivity index (χ1v) is 10.0. The van der Waals surface area contributed by atoms with Crippen molar-refractivity contribution in [3.05, 3.63) is 35.9 Å². The van der Waals surface area contributed by atoms with Crippen molar-refractivity contribution in [2.45, 2.75) is 46.2 Å². The molecule has 4 amide bonds. The van der Waals surface area contributed by atoms with Crippen LogP contribution in [0.3, 0.4) is 0 Å². The molecule has 0 saturated heterocycles. The molecular formula is C21H34N4O4. The van der Waals surface area contributed by atoms with E-state index in [2.05, 4.69) is 16.0 Å². The molecule has 0 aliphatic heterocycles. The van der Waals surface area contributed by atoms with Gasteiger partial charge in [0, 0.05) is 39.1 Å². The number of hydrogen-bond acceptors (Lipinski definition) is 4. The highest BCUT2D eigenvalue weighted by molar-refractivity contribution is 5.78. The molecule has 0 aliphatic carbocycles. The van der Waals surface area contributed by atoms with Crippen molar-refractivity contribution in [3.8, 4) is 0 Å². The van der Waals surface area contributed by atoms with Crippen molar-refractivity contribution in [2.75, 3.05) is 26.7 Å². The summed E-state index contributed by atoms with van der Waals surface area (Å²) < 4.78 is 4.90. The van der Waals surface area contributed by atoms with Crippen LogP contribution in [0.1, 0.15) is 39.2 Å². The van der Waals surface area contributed by atoms with Crippen LogP contribution in [0.2, 0.25) is 0 Å². The summed E-state index contributed by atoms with van der Waals surface area (Å²) in [5.74, 6) is 0.175. The Morgan fingerprint density at radius 2 is 1.79 bits per heavy atom. The van der Waals surface area contributed by atoms with Crippen molar-refractivity contribution >= 4 is 18.0 Å². The largest absolute Gasteiger partial charge is 0.450 e. The number of urea groups is 1. The van der Waals surface area contributed by atoms with Crippen molar-refractivity contribution < 1.29 is 19.1 Å². The molecule has 0 aromatic heterocycles. The van der Waals surface area contributed by atoms with Gasteiger partial charge < -0.3 is 25.6 Å². The van der Waals surface area contributed by atoms with Crippen LogP contribution in [-0.4, -0.2) is 55.7 Å². The Hall–Kier alpha value is -2.77. The maximum atomic E-state index is 12.1. The fraction of sp³-hybridized carbons (Fsp3) is 0.571. The predicted octanol–water partition coefficient (Wildman–Crippen LogP) is 2.50. The molecule has 0 saturated carbocycles. The van der Waals surface area contributed by atoms with Crippen LogP contribution in [0.15, 0.2) is 30.3 Å². The molecule has 1 rings (SSSR count). The number of amides is 4. The number of carbonyl (C=O) groups excluding carboxylic acids is 3. The molecule has 0 fully saturated rings. The first kappa shape index (κ1) is 24.3. The number of hydrogen-bond donors (Lipinski definition) is 3. The summed E-state index contributed by atoms with van der Waals surface area (Å²) in [4.78, 5) is 37.4. The average Bonchev–Trinajstić information content (AvgIpc) is 2.66. The van der Waals surface area contributed by atoms with Crippen LogP contribution in [0, 0.1) is 5.92 Å². The smallest absolute Gasteiger partial charge is 0.407 e. The van der Waals surface area contributed by atoms with Crippen molar-refractivity contribution in [1.29, 1.82) is 0 Å². The third-order valence-corrected chi connectivity index (χ3v) is 4.14. The maximum Gasteiger partial charge on any atom is 0.407 e. The highest BCUT2D eigenvalue weighted by Gasteiger charge is 2.16. The summed E-state index contributed by atoms with van der Waals surface area (Å²) in [6.45, 7) is 7.18. The molecule has 0 bridgehead atoms. The van der Waals surface area contributed by atoms with E-state index in [9.17, 15) is 14.4 Å². The Bertz CT molecular complexity index is 637. The number of nitrogens with one attached hydrogen (secondary N) is 3. The molecule has 0 radical (unpaired) electrons.